The lowest BCUT2D eigenvalue weighted by Gasteiger charge is -2.25. The maximum absolute atomic E-state index is 12.5. The lowest BCUT2D eigenvalue weighted by molar-refractivity contribution is 0.0742. The molecule has 0 heterocycles. The predicted molar refractivity (Wildman–Crippen MR) is 86.1 cm³/mol. The van der Waals surface area contributed by atoms with E-state index in [1.807, 2.05) is 37.3 Å². The summed E-state index contributed by atoms with van der Waals surface area (Å²) in [6, 6.07) is 15.2. The van der Waals surface area contributed by atoms with Crippen LogP contribution < -0.4 is 0 Å². The molecule has 0 aliphatic rings. The second kappa shape index (κ2) is 6.42. The average molecular weight is 353 g/mol. The Hall–Kier alpha value is -1.32. The van der Waals surface area contributed by atoms with Gasteiger partial charge in [0.05, 0.1) is 11.1 Å². The molecule has 0 aliphatic heterocycles. The van der Waals surface area contributed by atoms with E-state index >= 15 is 0 Å². The van der Waals surface area contributed by atoms with Crippen molar-refractivity contribution in [3.8, 4) is 0 Å². The summed E-state index contributed by atoms with van der Waals surface area (Å²) < 4.78 is 0.787. The number of benzene rings is 2. The van der Waals surface area contributed by atoms with Crippen LogP contribution in [0, 0.1) is 0 Å². The molecule has 0 saturated carbocycles. The molecule has 104 valence electrons. The van der Waals surface area contributed by atoms with E-state index in [0.717, 1.165) is 10.0 Å². The first-order chi connectivity index (χ1) is 9.50. The number of nitrogens with zero attached hydrogens (tertiary/aromatic N) is 1. The van der Waals surface area contributed by atoms with Gasteiger partial charge in [-0.15, -0.1) is 0 Å². The highest BCUT2D eigenvalue weighted by molar-refractivity contribution is 9.10. The highest BCUT2D eigenvalue weighted by Gasteiger charge is 2.19. The molecule has 2 aromatic rings. The molecule has 20 heavy (non-hydrogen) atoms. The summed E-state index contributed by atoms with van der Waals surface area (Å²) in [4.78, 5) is 14.2. The zero-order chi connectivity index (χ0) is 14.7. The van der Waals surface area contributed by atoms with Crippen LogP contribution >= 0.6 is 27.5 Å². The van der Waals surface area contributed by atoms with Crippen LogP contribution in [0.25, 0.3) is 0 Å². The Kier molecular flexibility index (Phi) is 4.84. The quantitative estimate of drug-likeness (QED) is 0.766. The van der Waals surface area contributed by atoms with Gasteiger partial charge >= 0.3 is 0 Å². The number of hydrogen-bond acceptors (Lipinski definition) is 1. The van der Waals surface area contributed by atoms with Gasteiger partial charge < -0.3 is 4.90 Å². The first-order valence-corrected chi connectivity index (χ1v) is 7.45. The van der Waals surface area contributed by atoms with Gasteiger partial charge in [0.2, 0.25) is 0 Å². The maximum Gasteiger partial charge on any atom is 0.254 e. The van der Waals surface area contributed by atoms with E-state index in [-0.39, 0.29) is 11.9 Å². The number of hydrogen-bond donors (Lipinski definition) is 0. The molecule has 0 saturated heterocycles. The molecule has 1 unspecified atom stereocenters. The van der Waals surface area contributed by atoms with Gasteiger partial charge in [-0.2, -0.15) is 0 Å². The van der Waals surface area contributed by atoms with Crippen molar-refractivity contribution >= 4 is 33.4 Å². The van der Waals surface area contributed by atoms with Crippen LogP contribution in [0.5, 0.6) is 0 Å². The predicted octanol–water partition coefficient (Wildman–Crippen LogP) is 4.94. The van der Waals surface area contributed by atoms with Crippen molar-refractivity contribution in [3.63, 3.8) is 0 Å². The standard InChI is InChI=1S/C16H15BrClNO/c1-11(12-6-4-3-5-7-12)19(2)16(20)13-8-9-14(17)15(18)10-13/h3-11H,1-2H3. The molecule has 0 N–H and O–H groups in total. The number of carbonyl (C=O) groups is 1. The molecule has 0 bridgehead atoms. The molecule has 0 aliphatic carbocycles. The molecular weight excluding hydrogens is 338 g/mol. The molecule has 0 radical (unpaired) electrons. The molecule has 2 nitrogen and oxygen atoms in total. The monoisotopic (exact) mass is 351 g/mol. The number of carbonyl (C=O) groups excluding carboxylic acids is 1. The second-order valence-corrected chi connectivity index (χ2v) is 5.89. The van der Waals surface area contributed by atoms with Crippen molar-refractivity contribution in [3.05, 3.63) is 69.2 Å². The van der Waals surface area contributed by atoms with E-state index in [2.05, 4.69) is 15.9 Å². The molecule has 1 atom stereocenters. The van der Waals surface area contributed by atoms with E-state index in [1.165, 1.54) is 0 Å². The van der Waals surface area contributed by atoms with Gasteiger partial charge in [0.1, 0.15) is 0 Å². The van der Waals surface area contributed by atoms with Crippen LogP contribution in [-0.2, 0) is 0 Å². The Bertz CT molecular complexity index is 615. The molecule has 4 heteroatoms. The van der Waals surface area contributed by atoms with E-state index < -0.39 is 0 Å². The van der Waals surface area contributed by atoms with Crippen molar-refractivity contribution in [1.29, 1.82) is 0 Å². The van der Waals surface area contributed by atoms with Crippen LogP contribution in [0.4, 0.5) is 0 Å². The minimum atomic E-state index is -0.0456. The van der Waals surface area contributed by atoms with Crippen LogP contribution in [0.3, 0.4) is 0 Å². The van der Waals surface area contributed by atoms with Crippen molar-refractivity contribution in [2.45, 2.75) is 13.0 Å². The molecular formula is C16H15BrClNO. The third kappa shape index (κ3) is 3.22. The number of rotatable bonds is 3. The maximum atomic E-state index is 12.5. The van der Waals surface area contributed by atoms with Gasteiger partial charge in [0, 0.05) is 17.1 Å². The highest BCUT2D eigenvalue weighted by atomic mass is 79.9. The van der Waals surface area contributed by atoms with Gasteiger partial charge in [-0.25, -0.2) is 0 Å². The first kappa shape index (κ1) is 15.1. The van der Waals surface area contributed by atoms with Crippen LogP contribution in [0.1, 0.15) is 28.9 Å². The van der Waals surface area contributed by atoms with Crippen molar-refractivity contribution in [1.82, 2.24) is 4.90 Å². The minimum absolute atomic E-state index is 0.00567. The summed E-state index contributed by atoms with van der Waals surface area (Å²) >= 11 is 9.37. The minimum Gasteiger partial charge on any atom is -0.335 e. The lowest BCUT2D eigenvalue weighted by atomic mass is 10.1. The van der Waals surface area contributed by atoms with Gasteiger partial charge in [0.15, 0.2) is 0 Å². The van der Waals surface area contributed by atoms with Crippen molar-refractivity contribution in [2.75, 3.05) is 7.05 Å². The molecule has 2 aromatic carbocycles. The van der Waals surface area contributed by atoms with Gasteiger partial charge in [-0.3, -0.25) is 4.79 Å². The summed E-state index contributed by atoms with van der Waals surface area (Å²) in [5.74, 6) is -0.0456. The number of halogens is 2. The number of amides is 1. The Morgan fingerprint density at radius 2 is 1.85 bits per heavy atom. The fourth-order valence-electron chi connectivity index (χ4n) is 1.96. The van der Waals surface area contributed by atoms with Crippen molar-refractivity contribution < 1.29 is 4.79 Å². The Morgan fingerprint density at radius 1 is 1.20 bits per heavy atom. The average Bonchev–Trinajstić information content (AvgIpc) is 2.48. The fourth-order valence-corrected chi connectivity index (χ4v) is 2.39. The molecule has 0 aromatic heterocycles. The largest absolute Gasteiger partial charge is 0.335 e. The summed E-state index contributed by atoms with van der Waals surface area (Å²) in [6.07, 6.45) is 0. The Balaban J connectivity index is 2.22. The zero-order valence-corrected chi connectivity index (χ0v) is 13.6. The fraction of sp³-hybridized carbons (Fsp3) is 0.188. The first-order valence-electron chi connectivity index (χ1n) is 6.28. The lowest BCUT2D eigenvalue weighted by Crippen LogP contribution is -2.29. The topological polar surface area (TPSA) is 20.3 Å². The van der Waals surface area contributed by atoms with E-state index in [1.54, 1.807) is 30.1 Å². The summed E-state index contributed by atoms with van der Waals surface area (Å²) in [7, 11) is 1.80. The van der Waals surface area contributed by atoms with Crippen LogP contribution in [0.15, 0.2) is 53.0 Å². The zero-order valence-electron chi connectivity index (χ0n) is 11.3. The van der Waals surface area contributed by atoms with Crippen molar-refractivity contribution in [2.24, 2.45) is 0 Å². The highest BCUT2D eigenvalue weighted by Crippen LogP contribution is 2.25. The SMILES string of the molecule is CC(c1ccccc1)N(C)C(=O)c1ccc(Br)c(Cl)c1. The van der Waals surface area contributed by atoms with Gasteiger partial charge in [-0.05, 0) is 46.6 Å². The summed E-state index contributed by atoms with van der Waals surface area (Å²) in [6.45, 7) is 2.01. The van der Waals surface area contributed by atoms with Crippen LogP contribution in [-0.4, -0.2) is 17.9 Å². The third-order valence-electron chi connectivity index (χ3n) is 3.35. The second-order valence-electron chi connectivity index (χ2n) is 4.63. The van der Waals surface area contributed by atoms with Gasteiger partial charge in [0.25, 0.3) is 5.91 Å². The molecule has 1 amide bonds. The Labute approximate surface area is 132 Å². The smallest absolute Gasteiger partial charge is 0.254 e. The third-order valence-corrected chi connectivity index (χ3v) is 4.58. The molecule has 0 fully saturated rings. The van der Waals surface area contributed by atoms with Gasteiger partial charge in [-0.1, -0.05) is 41.9 Å². The Morgan fingerprint density at radius 3 is 2.45 bits per heavy atom. The van der Waals surface area contributed by atoms with E-state index in [4.69, 9.17) is 11.6 Å². The normalized spacial score (nSPS) is 12.0. The summed E-state index contributed by atoms with van der Waals surface area (Å²) in [5, 5.41) is 0.539. The summed E-state index contributed by atoms with van der Waals surface area (Å²) in [5.41, 5.74) is 1.69. The van der Waals surface area contributed by atoms with E-state index in [9.17, 15) is 4.79 Å². The van der Waals surface area contributed by atoms with E-state index in [0.29, 0.717) is 10.6 Å². The molecule has 2 rings (SSSR count). The van der Waals surface area contributed by atoms with Crippen LogP contribution in [0.2, 0.25) is 5.02 Å². The molecule has 0 spiro atoms.